The van der Waals surface area contributed by atoms with Gasteiger partial charge in [0.05, 0.1) is 0 Å². The molecule has 32 heavy (non-hydrogen) atoms. The molecule has 1 spiro atoms. The summed E-state index contributed by atoms with van der Waals surface area (Å²) in [4.78, 5) is 5.38. The normalized spacial score (nSPS) is 20.5. The maximum absolute atomic E-state index is 15.0. The third-order valence-electron chi connectivity index (χ3n) is 6.67. The van der Waals surface area contributed by atoms with Gasteiger partial charge < -0.3 is 0 Å². The first kappa shape index (κ1) is 21.6. The van der Waals surface area contributed by atoms with Gasteiger partial charge in [0.25, 0.3) is 0 Å². The summed E-state index contributed by atoms with van der Waals surface area (Å²) in [5, 5.41) is 0.238. The minimum Gasteiger partial charge on any atom is -0.292 e. The molecule has 0 radical (unpaired) electrons. The van der Waals surface area contributed by atoms with E-state index in [4.69, 9.17) is 0 Å². The molecule has 5 rings (SSSR count). The molecule has 2 aliphatic rings. The van der Waals surface area contributed by atoms with Crippen LogP contribution >= 0.6 is 11.5 Å². The van der Waals surface area contributed by atoms with E-state index < -0.39 is 32.1 Å². The third kappa shape index (κ3) is 4.33. The van der Waals surface area contributed by atoms with Gasteiger partial charge in [0.2, 0.25) is 0 Å². The van der Waals surface area contributed by atoms with Crippen molar-refractivity contribution >= 4 is 21.4 Å². The lowest BCUT2D eigenvalue weighted by molar-refractivity contribution is 0.0928. The third-order valence-corrected chi connectivity index (χ3v) is 9.15. The van der Waals surface area contributed by atoms with Gasteiger partial charge in [-0.3, -0.25) is 4.90 Å². The zero-order chi connectivity index (χ0) is 22.3. The molecule has 1 saturated carbocycles. The Bertz CT molecular complexity index is 1210. The molecule has 1 atom stereocenters. The molecule has 2 aromatic carbocycles. The van der Waals surface area contributed by atoms with E-state index in [9.17, 15) is 12.8 Å². The number of hydrogen-bond donors (Lipinski definition) is 0. The standard InChI is InChI=1S/C23H23F2N3O2S2/c24-18-11-21(32(29,30)14-22-26-15-27-31-22)19(25)10-17(18)13-28-9-8-23(6-7-23)12-20(28)16-4-2-1-3-5-16/h1-5,10-11,15,20H,6-9,12-14H2/t20-/m1/s1. The van der Waals surface area contributed by atoms with Gasteiger partial charge in [-0.1, -0.05) is 30.3 Å². The Hall–Kier alpha value is -2.23. The molecular formula is C23H23F2N3O2S2. The van der Waals surface area contributed by atoms with Crippen LogP contribution in [0.2, 0.25) is 0 Å². The summed E-state index contributed by atoms with van der Waals surface area (Å²) >= 11 is 0.921. The molecule has 1 saturated heterocycles. The second-order valence-electron chi connectivity index (χ2n) is 8.82. The zero-order valence-electron chi connectivity index (χ0n) is 17.4. The molecule has 5 nitrogen and oxygen atoms in total. The summed E-state index contributed by atoms with van der Waals surface area (Å²) in [5.74, 6) is -2.14. The highest BCUT2D eigenvalue weighted by Gasteiger charge is 2.48. The number of halogens is 2. The quantitative estimate of drug-likeness (QED) is 0.507. The van der Waals surface area contributed by atoms with E-state index in [2.05, 4.69) is 26.4 Å². The van der Waals surface area contributed by atoms with E-state index in [0.29, 0.717) is 5.41 Å². The summed E-state index contributed by atoms with van der Waals surface area (Å²) < 4.78 is 58.9. The van der Waals surface area contributed by atoms with Crippen molar-refractivity contribution in [1.29, 1.82) is 0 Å². The van der Waals surface area contributed by atoms with E-state index in [1.165, 1.54) is 24.7 Å². The van der Waals surface area contributed by atoms with Crippen molar-refractivity contribution in [3.05, 3.63) is 76.6 Å². The predicted octanol–water partition coefficient (Wildman–Crippen LogP) is 4.91. The van der Waals surface area contributed by atoms with E-state index in [1.807, 2.05) is 18.2 Å². The molecule has 0 bridgehead atoms. The van der Waals surface area contributed by atoms with Crippen LogP contribution in [0.3, 0.4) is 0 Å². The van der Waals surface area contributed by atoms with Crippen LogP contribution in [0.25, 0.3) is 0 Å². The lowest BCUT2D eigenvalue weighted by Crippen LogP contribution is -2.37. The lowest BCUT2D eigenvalue weighted by Gasteiger charge is -2.40. The van der Waals surface area contributed by atoms with E-state index in [-0.39, 0.29) is 23.2 Å². The molecule has 1 aromatic heterocycles. The topological polar surface area (TPSA) is 63.2 Å². The summed E-state index contributed by atoms with van der Waals surface area (Å²) in [6.45, 7) is 1.03. The van der Waals surface area contributed by atoms with E-state index >= 15 is 4.39 Å². The average molecular weight is 476 g/mol. The molecule has 3 aromatic rings. The maximum Gasteiger partial charge on any atom is 0.187 e. The van der Waals surface area contributed by atoms with Gasteiger partial charge >= 0.3 is 0 Å². The lowest BCUT2D eigenvalue weighted by atomic mass is 9.84. The minimum atomic E-state index is -4.07. The van der Waals surface area contributed by atoms with Crippen LogP contribution in [0.1, 0.15) is 47.9 Å². The van der Waals surface area contributed by atoms with Crippen LogP contribution in [0.15, 0.2) is 53.7 Å². The van der Waals surface area contributed by atoms with Crippen molar-refractivity contribution in [1.82, 2.24) is 14.3 Å². The Morgan fingerprint density at radius 1 is 1.09 bits per heavy atom. The highest BCUT2D eigenvalue weighted by molar-refractivity contribution is 7.90. The van der Waals surface area contributed by atoms with Crippen LogP contribution in [0.4, 0.5) is 8.78 Å². The summed E-state index contributed by atoms with van der Waals surface area (Å²) in [6.07, 6.45) is 5.76. The van der Waals surface area contributed by atoms with Crippen LogP contribution in [-0.2, 0) is 22.1 Å². The largest absolute Gasteiger partial charge is 0.292 e. The fourth-order valence-electron chi connectivity index (χ4n) is 4.65. The van der Waals surface area contributed by atoms with Crippen LogP contribution < -0.4 is 0 Å². The molecule has 1 aliphatic carbocycles. The Morgan fingerprint density at radius 2 is 1.88 bits per heavy atom. The number of benzene rings is 2. The molecule has 2 fully saturated rings. The number of rotatable bonds is 6. The number of sulfone groups is 1. The smallest absolute Gasteiger partial charge is 0.187 e. The number of hydrogen-bond acceptors (Lipinski definition) is 6. The molecule has 0 N–H and O–H groups in total. The van der Waals surface area contributed by atoms with E-state index in [0.717, 1.165) is 43.1 Å². The van der Waals surface area contributed by atoms with Crippen molar-refractivity contribution in [2.24, 2.45) is 5.41 Å². The maximum atomic E-state index is 15.0. The SMILES string of the molecule is O=S(=O)(Cc1ncns1)c1cc(F)c(CN2CCC3(CC3)C[C@@H]2c2ccccc2)cc1F. The van der Waals surface area contributed by atoms with Gasteiger partial charge in [0.15, 0.2) is 9.84 Å². The van der Waals surface area contributed by atoms with Gasteiger partial charge in [-0.25, -0.2) is 22.2 Å². The van der Waals surface area contributed by atoms with Gasteiger partial charge in [0, 0.05) is 18.2 Å². The van der Waals surface area contributed by atoms with Crippen molar-refractivity contribution < 1.29 is 17.2 Å². The van der Waals surface area contributed by atoms with Gasteiger partial charge in [0.1, 0.15) is 33.6 Å². The monoisotopic (exact) mass is 475 g/mol. The molecule has 0 amide bonds. The fourth-order valence-corrected chi connectivity index (χ4v) is 6.83. The zero-order valence-corrected chi connectivity index (χ0v) is 19.0. The predicted molar refractivity (Wildman–Crippen MR) is 118 cm³/mol. The average Bonchev–Trinajstić information content (AvgIpc) is 3.33. The second kappa shape index (κ2) is 8.28. The van der Waals surface area contributed by atoms with Crippen molar-refractivity contribution in [3.63, 3.8) is 0 Å². The highest BCUT2D eigenvalue weighted by atomic mass is 32.2. The van der Waals surface area contributed by atoms with Crippen molar-refractivity contribution in [3.8, 4) is 0 Å². The summed E-state index contributed by atoms with van der Waals surface area (Å²) in [7, 11) is -4.07. The first-order valence-corrected chi connectivity index (χ1v) is 13.0. The Morgan fingerprint density at radius 3 is 2.56 bits per heavy atom. The second-order valence-corrected chi connectivity index (χ2v) is 11.6. The van der Waals surface area contributed by atoms with Crippen molar-refractivity contribution in [2.45, 2.75) is 48.9 Å². The number of likely N-dealkylation sites (tertiary alicyclic amines) is 1. The number of piperidine rings is 1. The molecule has 168 valence electrons. The fraction of sp³-hybridized carbons (Fsp3) is 0.391. The number of nitrogens with zero attached hydrogens (tertiary/aromatic N) is 3. The summed E-state index contributed by atoms with van der Waals surface area (Å²) in [6, 6.07) is 12.1. The van der Waals surface area contributed by atoms with Crippen LogP contribution in [0, 0.1) is 17.0 Å². The van der Waals surface area contributed by atoms with Crippen LogP contribution in [0.5, 0.6) is 0 Å². The minimum absolute atomic E-state index is 0.135. The van der Waals surface area contributed by atoms with Crippen molar-refractivity contribution in [2.75, 3.05) is 6.54 Å². The molecular weight excluding hydrogens is 452 g/mol. The molecule has 1 aliphatic heterocycles. The summed E-state index contributed by atoms with van der Waals surface area (Å²) in [5.41, 5.74) is 1.74. The first-order chi connectivity index (χ1) is 15.4. The molecule has 2 heterocycles. The Balaban J connectivity index is 1.40. The van der Waals surface area contributed by atoms with Crippen LogP contribution in [-0.4, -0.2) is 29.2 Å². The Labute approximate surface area is 190 Å². The van der Waals surface area contributed by atoms with Gasteiger partial charge in [-0.05, 0) is 66.9 Å². The first-order valence-electron chi connectivity index (χ1n) is 10.6. The Kier molecular flexibility index (Phi) is 5.59. The van der Waals surface area contributed by atoms with Gasteiger partial charge in [-0.2, -0.15) is 4.37 Å². The van der Waals surface area contributed by atoms with E-state index in [1.54, 1.807) is 0 Å². The highest BCUT2D eigenvalue weighted by Crippen LogP contribution is 2.58. The number of aromatic nitrogens is 2. The molecule has 0 unspecified atom stereocenters. The van der Waals surface area contributed by atoms with Gasteiger partial charge in [-0.15, -0.1) is 0 Å². The molecule has 9 heteroatoms.